The van der Waals surface area contributed by atoms with E-state index in [-0.39, 0.29) is 29.1 Å². The van der Waals surface area contributed by atoms with Crippen molar-refractivity contribution in [3.63, 3.8) is 0 Å². The number of amides is 3. The Hall–Kier alpha value is -1.63. The molecule has 3 saturated heterocycles. The second-order valence-corrected chi connectivity index (χ2v) is 8.45. The summed E-state index contributed by atoms with van der Waals surface area (Å²) in [6.45, 7) is 6.47. The number of nitrogens with zero attached hydrogens (tertiary/aromatic N) is 3. The SMILES string of the molecule is COCCN1C[C@@]2(CCCN(C(=O)C3CCN(C(C)=O)CC3)C2)CCC1=O. The Morgan fingerprint density at radius 1 is 1.11 bits per heavy atom. The molecule has 0 aromatic heterocycles. The first-order valence-corrected chi connectivity index (χ1v) is 10.3. The van der Waals surface area contributed by atoms with Crippen LogP contribution < -0.4 is 0 Å². The maximum atomic E-state index is 13.1. The van der Waals surface area contributed by atoms with Crippen molar-refractivity contribution in [2.45, 2.75) is 45.4 Å². The van der Waals surface area contributed by atoms with Crippen LogP contribution in [0.5, 0.6) is 0 Å². The molecule has 0 saturated carbocycles. The molecule has 0 N–H and O–H groups in total. The van der Waals surface area contributed by atoms with E-state index in [1.54, 1.807) is 14.0 Å². The van der Waals surface area contributed by atoms with Gasteiger partial charge < -0.3 is 19.4 Å². The number of piperidine rings is 3. The molecule has 7 nitrogen and oxygen atoms in total. The third kappa shape index (κ3) is 4.62. The summed E-state index contributed by atoms with van der Waals surface area (Å²) in [4.78, 5) is 42.6. The molecule has 1 spiro atoms. The highest BCUT2D eigenvalue weighted by molar-refractivity contribution is 5.80. The lowest BCUT2D eigenvalue weighted by molar-refractivity contribution is -0.147. The summed E-state index contributed by atoms with van der Waals surface area (Å²) < 4.78 is 5.15. The first kappa shape index (κ1) is 20.1. The number of hydrogen-bond donors (Lipinski definition) is 0. The molecule has 0 aliphatic carbocycles. The summed E-state index contributed by atoms with van der Waals surface area (Å²) >= 11 is 0. The maximum absolute atomic E-state index is 13.1. The van der Waals surface area contributed by atoms with E-state index in [4.69, 9.17) is 4.74 Å². The smallest absolute Gasteiger partial charge is 0.225 e. The molecule has 0 aromatic carbocycles. The van der Waals surface area contributed by atoms with E-state index in [2.05, 4.69) is 0 Å². The lowest BCUT2D eigenvalue weighted by Crippen LogP contribution is -2.56. The van der Waals surface area contributed by atoms with E-state index >= 15 is 0 Å². The molecule has 0 radical (unpaired) electrons. The Labute approximate surface area is 162 Å². The molecule has 3 rings (SSSR count). The fraction of sp³-hybridized carbons (Fsp3) is 0.850. The van der Waals surface area contributed by atoms with Gasteiger partial charge in [0.15, 0.2) is 0 Å². The number of ether oxygens (including phenoxy) is 1. The van der Waals surface area contributed by atoms with Crippen LogP contribution in [0.25, 0.3) is 0 Å². The minimum absolute atomic E-state index is 0.0329. The van der Waals surface area contributed by atoms with Crippen LogP contribution in [-0.4, -0.2) is 85.4 Å². The third-order valence-corrected chi connectivity index (χ3v) is 6.58. The molecule has 0 aromatic rings. The van der Waals surface area contributed by atoms with E-state index in [9.17, 15) is 14.4 Å². The number of carbonyl (C=O) groups excluding carboxylic acids is 3. The second kappa shape index (κ2) is 8.59. The van der Waals surface area contributed by atoms with E-state index in [0.717, 1.165) is 51.7 Å². The van der Waals surface area contributed by atoms with E-state index in [1.807, 2.05) is 14.7 Å². The number of methoxy groups -OCH3 is 1. The summed E-state index contributed by atoms with van der Waals surface area (Å²) in [5.74, 6) is 0.585. The standard InChI is InChI=1S/C20H33N3O4/c1-16(24)21-10-5-17(6-11-21)19(26)23-9-3-7-20(15-23)8-4-18(25)22(14-20)12-13-27-2/h17H,3-15H2,1-2H3/t20-/m1/s1. The van der Waals surface area contributed by atoms with Crippen molar-refractivity contribution in [2.75, 3.05) is 53.0 Å². The van der Waals surface area contributed by atoms with E-state index < -0.39 is 0 Å². The average Bonchev–Trinajstić information content (AvgIpc) is 2.68. The van der Waals surface area contributed by atoms with Gasteiger partial charge in [-0.2, -0.15) is 0 Å². The van der Waals surface area contributed by atoms with Gasteiger partial charge >= 0.3 is 0 Å². The van der Waals surface area contributed by atoms with Gasteiger partial charge in [0.1, 0.15) is 0 Å². The molecule has 27 heavy (non-hydrogen) atoms. The lowest BCUT2D eigenvalue weighted by atomic mass is 9.73. The monoisotopic (exact) mass is 379 g/mol. The molecule has 0 bridgehead atoms. The van der Waals surface area contributed by atoms with Crippen LogP contribution >= 0.6 is 0 Å². The minimum atomic E-state index is 0.0329. The van der Waals surface area contributed by atoms with Crippen molar-refractivity contribution in [3.8, 4) is 0 Å². The molecule has 3 aliphatic rings. The first-order valence-electron chi connectivity index (χ1n) is 10.3. The Kier molecular flexibility index (Phi) is 6.40. The fourth-order valence-electron chi connectivity index (χ4n) is 4.94. The van der Waals surface area contributed by atoms with Gasteiger partial charge in [-0.05, 0) is 32.1 Å². The topological polar surface area (TPSA) is 70.2 Å². The van der Waals surface area contributed by atoms with Crippen molar-refractivity contribution in [3.05, 3.63) is 0 Å². The van der Waals surface area contributed by atoms with Gasteiger partial charge in [0, 0.05) is 71.1 Å². The highest BCUT2D eigenvalue weighted by Gasteiger charge is 2.43. The molecule has 0 unspecified atom stereocenters. The van der Waals surface area contributed by atoms with Crippen LogP contribution in [0.3, 0.4) is 0 Å². The van der Waals surface area contributed by atoms with Crippen molar-refractivity contribution in [1.82, 2.24) is 14.7 Å². The maximum Gasteiger partial charge on any atom is 0.225 e. The van der Waals surface area contributed by atoms with Crippen LogP contribution in [0.2, 0.25) is 0 Å². The zero-order chi connectivity index (χ0) is 19.4. The largest absolute Gasteiger partial charge is 0.383 e. The molecule has 152 valence electrons. The van der Waals surface area contributed by atoms with Crippen molar-refractivity contribution < 1.29 is 19.1 Å². The molecule has 3 fully saturated rings. The summed E-state index contributed by atoms with van der Waals surface area (Å²) in [5, 5.41) is 0. The van der Waals surface area contributed by atoms with Crippen LogP contribution in [0, 0.1) is 11.3 Å². The Morgan fingerprint density at radius 2 is 1.85 bits per heavy atom. The van der Waals surface area contributed by atoms with Gasteiger partial charge in [-0.15, -0.1) is 0 Å². The predicted octanol–water partition coefficient (Wildman–Crippen LogP) is 1.12. The highest BCUT2D eigenvalue weighted by Crippen LogP contribution is 2.39. The predicted molar refractivity (Wildman–Crippen MR) is 101 cm³/mol. The van der Waals surface area contributed by atoms with Crippen molar-refractivity contribution >= 4 is 17.7 Å². The fourth-order valence-corrected chi connectivity index (χ4v) is 4.94. The minimum Gasteiger partial charge on any atom is -0.383 e. The molecular weight excluding hydrogens is 346 g/mol. The van der Waals surface area contributed by atoms with E-state index in [1.165, 1.54) is 0 Å². The van der Waals surface area contributed by atoms with Crippen molar-refractivity contribution in [2.24, 2.45) is 11.3 Å². The summed E-state index contributed by atoms with van der Waals surface area (Å²) in [7, 11) is 1.66. The number of hydrogen-bond acceptors (Lipinski definition) is 4. The van der Waals surface area contributed by atoms with Gasteiger partial charge in [0.05, 0.1) is 6.61 Å². The number of rotatable bonds is 4. The molecular formula is C20H33N3O4. The van der Waals surface area contributed by atoms with Gasteiger partial charge in [-0.1, -0.05) is 0 Å². The van der Waals surface area contributed by atoms with Crippen LogP contribution in [0.1, 0.15) is 45.4 Å². The summed E-state index contributed by atoms with van der Waals surface area (Å²) in [5.41, 5.74) is 0.0373. The number of likely N-dealkylation sites (tertiary alicyclic amines) is 3. The highest BCUT2D eigenvalue weighted by atomic mass is 16.5. The summed E-state index contributed by atoms with van der Waals surface area (Å²) in [6, 6.07) is 0. The van der Waals surface area contributed by atoms with Gasteiger partial charge in [-0.25, -0.2) is 0 Å². The average molecular weight is 380 g/mol. The molecule has 1 atom stereocenters. The second-order valence-electron chi connectivity index (χ2n) is 8.45. The Morgan fingerprint density at radius 3 is 2.52 bits per heavy atom. The molecule has 3 heterocycles. The zero-order valence-corrected chi connectivity index (χ0v) is 16.7. The number of carbonyl (C=O) groups is 3. The van der Waals surface area contributed by atoms with E-state index in [0.29, 0.717) is 32.7 Å². The summed E-state index contributed by atoms with van der Waals surface area (Å²) in [6.07, 6.45) is 5.06. The molecule has 3 aliphatic heterocycles. The normalized spacial score (nSPS) is 27.3. The molecule has 7 heteroatoms. The first-order chi connectivity index (χ1) is 12.9. The van der Waals surface area contributed by atoms with Gasteiger partial charge in [-0.3, -0.25) is 14.4 Å². The van der Waals surface area contributed by atoms with Crippen LogP contribution in [0.15, 0.2) is 0 Å². The van der Waals surface area contributed by atoms with Gasteiger partial charge in [0.25, 0.3) is 0 Å². The van der Waals surface area contributed by atoms with Gasteiger partial charge in [0.2, 0.25) is 17.7 Å². The van der Waals surface area contributed by atoms with Crippen LogP contribution in [0.4, 0.5) is 0 Å². The lowest BCUT2D eigenvalue weighted by Gasteiger charge is -2.49. The third-order valence-electron chi connectivity index (χ3n) is 6.58. The van der Waals surface area contributed by atoms with Crippen LogP contribution in [-0.2, 0) is 19.1 Å². The Balaban J connectivity index is 1.59. The zero-order valence-electron chi connectivity index (χ0n) is 16.7. The Bertz CT molecular complexity index is 574. The van der Waals surface area contributed by atoms with Crippen molar-refractivity contribution in [1.29, 1.82) is 0 Å². The quantitative estimate of drug-likeness (QED) is 0.734. The molecule has 3 amide bonds.